The number of nitrogens with zero attached hydrogens (tertiary/aromatic N) is 2. The van der Waals surface area contributed by atoms with E-state index in [1.54, 1.807) is 29.0 Å². The van der Waals surface area contributed by atoms with Crippen LogP contribution in [-0.4, -0.2) is 18.0 Å². The van der Waals surface area contributed by atoms with Crippen molar-refractivity contribution in [3.8, 4) is 0 Å². The molecule has 0 aliphatic rings. The molecule has 0 radical (unpaired) electrons. The third-order valence-corrected chi connectivity index (χ3v) is 5.63. The standard InChI is InChI=1S/C15H15N3O3S2/c1-2-8-18-13-6-5-12(9-14(13)22-15(18)19)23(20,21)17-11-4-3-7-16-10-11/h3-7,9-10,17H,2,8H2,1H3. The van der Waals surface area contributed by atoms with Crippen LogP contribution >= 0.6 is 11.3 Å². The van der Waals surface area contributed by atoms with Crippen LogP contribution < -0.4 is 9.60 Å². The summed E-state index contributed by atoms with van der Waals surface area (Å²) in [4.78, 5) is 15.9. The Morgan fingerprint density at radius 3 is 2.83 bits per heavy atom. The molecule has 1 N–H and O–H groups in total. The number of aromatic nitrogens is 2. The van der Waals surface area contributed by atoms with Gasteiger partial charge in [-0.1, -0.05) is 18.3 Å². The molecule has 0 bridgehead atoms. The van der Waals surface area contributed by atoms with Crippen molar-refractivity contribution in [3.05, 3.63) is 52.4 Å². The second kappa shape index (κ2) is 6.13. The topological polar surface area (TPSA) is 81.1 Å². The van der Waals surface area contributed by atoms with E-state index in [4.69, 9.17) is 0 Å². The molecule has 0 fully saturated rings. The maximum atomic E-state index is 12.4. The quantitative estimate of drug-likeness (QED) is 0.768. The highest BCUT2D eigenvalue weighted by Gasteiger charge is 2.17. The zero-order valence-corrected chi connectivity index (χ0v) is 14.0. The second-order valence-corrected chi connectivity index (χ2v) is 7.67. The monoisotopic (exact) mass is 349 g/mol. The first-order valence-electron chi connectivity index (χ1n) is 7.07. The van der Waals surface area contributed by atoms with Crippen LogP contribution in [0.1, 0.15) is 13.3 Å². The fourth-order valence-electron chi connectivity index (χ4n) is 2.29. The van der Waals surface area contributed by atoms with E-state index < -0.39 is 10.0 Å². The van der Waals surface area contributed by atoms with Gasteiger partial charge in [0.2, 0.25) is 0 Å². The first kappa shape index (κ1) is 15.7. The zero-order chi connectivity index (χ0) is 16.4. The Labute approximate surface area is 137 Å². The molecule has 2 aromatic heterocycles. The fraction of sp³-hybridized carbons (Fsp3) is 0.200. The summed E-state index contributed by atoms with van der Waals surface area (Å²) < 4.78 is 29.7. The van der Waals surface area contributed by atoms with Gasteiger partial charge < -0.3 is 0 Å². The Balaban J connectivity index is 2.01. The number of pyridine rings is 1. The molecule has 0 saturated carbocycles. The number of hydrogen-bond donors (Lipinski definition) is 1. The largest absolute Gasteiger partial charge is 0.308 e. The molecule has 120 valence electrons. The summed E-state index contributed by atoms with van der Waals surface area (Å²) in [6, 6.07) is 8.00. The van der Waals surface area contributed by atoms with Gasteiger partial charge in [0.05, 0.1) is 27.0 Å². The number of anilines is 1. The Bertz CT molecular complexity index is 992. The zero-order valence-electron chi connectivity index (χ0n) is 12.4. The molecule has 3 rings (SSSR count). The Hall–Kier alpha value is -2.19. The number of nitrogens with one attached hydrogen (secondary N) is 1. The molecule has 0 saturated heterocycles. The lowest BCUT2D eigenvalue weighted by Gasteiger charge is -2.08. The van der Waals surface area contributed by atoms with Gasteiger partial charge in [-0.15, -0.1) is 0 Å². The Morgan fingerprint density at radius 2 is 2.13 bits per heavy atom. The van der Waals surface area contributed by atoms with Crippen LogP contribution in [0, 0.1) is 0 Å². The minimum absolute atomic E-state index is 0.0726. The Kier molecular flexibility index (Phi) is 4.18. The molecule has 3 aromatic rings. The highest BCUT2D eigenvalue weighted by Crippen LogP contribution is 2.23. The van der Waals surface area contributed by atoms with Crippen LogP contribution in [0.25, 0.3) is 10.2 Å². The first-order chi connectivity index (χ1) is 11.0. The van der Waals surface area contributed by atoms with Crippen LogP contribution in [0.3, 0.4) is 0 Å². The molecule has 6 nitrogen and oxygen atoms in total. The molecule has 0 amide bonds. The van der Waals surface area contributed by atoms with Gasteiger partial charge in [-0.2, -0.15) is 0 Å². The van der Waals surface area contributed by atoms with E-state index in [9.17, 15) is 13.2 Å². The number of hydrogen-bond acceptors (Lipinski definition) is 5. The molecular weight excluding hydrogens is 334 g/mol. The lowest BCUT2D eigenvalue weighted by atomic mass is 10.3. The second-order valence-electron chi connectivity index (χ2n) is 5.00. The molecule has 0 aliphatic carbocycles. The minimum atomic E-state index is -3.72. The van der Waals surface area contributed by atoms with Crippen molar-refractivity contribution in [1.29, 1.82) is 0 Å². The van der Waals surface area contributed by atoms with Crippen molar-refractivity contribution in [2.45, 2.75) is 24.8 Å². The molecule has 8 heteroatoms. The Morgan fingerprint density at radius 1 is 1.30 bits per heavy atom. The molecule has 0 aliphatic heterocycles. The van der Waals surface area contributed by atoms with Gasteiger partial charge in [-0.3, -0.25) is 19.1 Å². The fourth-order valence-corrected chi connectivity index (χ4v) is 4.39. The summed E-state index contributed by atoms with van der Waals surface area (Å²) in [6.07, 6.45) is 3.85. The van der Waals surface area contributed by atoms with E-state index in [1.165, 1.54) is 18.3 Å². The lowest BCUT2D eigenvalue weighted by molar-refractivity contribution is 0.601. The van der Waals surface area contributed by atoms with Crippen LogP contribution in [0.5, 0.6) is 0 Å². The van der Waals surface area contributed by atoms with Crippen molar-refractivity contribution >= 4 is 37.3 Å². The third kappa shape index (κ3) is 3.13. The van der Waals surface area contributed by atoms with E-state index in [0.717, 1.165) is 23.3 Å². The predicted molar refractivity (Wildman–Crippen MR) is 91.4 cm³/mol. The smallest absolute Gasteiger partial charge is 0.299 e. The molecular formula is C15H15N3O3S2. The number of aryl methyl sites for hydroxylation is 1. The maximum absolute atomic E-state index is 12.4. The van der Waals surface area contributed by atoms with Gasteiger partial charge in [-0.25, -0.2) is 8.42 Å². The van der Waals surface area contributed by atoms with E-state index in [2.05, 4.69) is 9.71 Å². The van der Waals surface area contributed by atoms with Crippen molar-refractivity contribution in [2.75, 3.05) is 4.72 Å². The van der Waals surface area contributed by atoms with Crippen molar-refractivity contribution in [2.24, 2.45) is 0 Å². The van der Waals surface area contributed by atoms with E-state index in [1.807, 2.05) is 6.92 Å². The van der Waals surface area contributed by atoms with E-state index in [0.29, 0.717) is 16.9 Å². The van der Waals surface area contributed by atoms with Crippen LogP contribution in [-0.2, 0) is 16.6 Å². The summed E-state index contributed by atoms with van der Waals surface area (Å²) in [7, 11) is -3.72. The van der Waals surface area contributed by atoms with Crippen molar-refractivity contribution < 1.29 is 8.42 Å². The number of benzene rings is 1. The van der Waals surface area contributed by atoms with E-state index in [-0.39, 0.29) is 9.77 Å². The van der Waals surface area contributed by atoms with Gasteiger partial charge in [0.25, 0.3) is 10.0 Å². The van der Waals surface area contributed by atoms with Crippen molar-refractivity contribution in [3.63, 3.8) is 0 Å². The number of thiazole rings is 1. The number of rotatable bonds is 5. The van der Waals surface area contributed by atoms with Crippen molar-refractivity contribution in [1.82, 2.24) is 9.55 Å². The summed E-state index contributed by atoms with van der Waals surface area (Å²) >= 11 is 1.06. The highest BCUT2D eigenvalue weighted by molar-refractivity contribution is 7.92. The lowest BCUT2D eigenvalue weighted by Crippen LogP contribution is -2.13. The molecule has 0 unspecified atom stereocenters. The van der Waals surface area contributed by atoms with Crippen LogP contribution in [0.2, 0.25) is 0 Å². The highest BCUT2D eigenvalue weighted by atomic mass is 32.2. The summed E-state index contributed by atoms with van der Waals surface area (Å²) in [5.74, 6) is 0. The summed E-state index contributed by atoms with van der Waals surface area (Å²) in [5, 5.41) is 0. The molecule has 0 atom stereocenters. The normalized spacial score (nSPS) is 11.7. The van der Waals surface area contributed by atoms with Gasteiger partial charge in [-0.05, 0) is 36.8 Å². The number of fused-ring (bicyclic) bond motifs is 1. The average molecular weight is 349 g/mol. The van der Waals surface area contributed by atoms with Gasteiger partial charge in [0.1, 0.15) is 0 Å². The third-order valence-electron chi connectivity index (χ3n) is 3.31. The minimum Gasteiger partial charge on any atom is -0.299 e. The average Bonchev–Trinajstić information content (AvgIpc) is 2.83. The van der Waals surface area contributed by atoms with Crippen LogP contribution in [0.4, 0.5) is 5.69 Å². The molecule has 1 aromatic carbocycles. The van der Waals surface area contributed by atoms with E-state index >= 15 is 0 Å². The summed E-state index contributed by atoms with van der Waals surface area (Å²) in [5.41, 5.74) is 1.16. The first-order valence-corrected chi connectivity index (χ1v) is 9.37. The molecule has 2 heterocycles. The number of sulfonamides is 1. The molecule has 23 heavy (non-hydrogen) atoms. The van der Waals surface area contributed by atoms with Gasteiger partial charge >= 0.3 is 4.87 Å². The predicted octanol–water partition coefficient (Wildman–Crippen LogP) is 2.67. The molecule has 0 spiro atoms. The maximum Gasteiger partial charge on any atom is 0.308 e. The van der Waals surface area contributed by atoms with Gasteiger partial charge in [0, 0.05) is 12.7 Å². The van der Waals surface area contributed by atoms with Gasteiger partial charge in [0.15, 0.2) is 0 Å². The van der Waals surface area contributed by atoms with Crippen LogP contribution in [0.15, 0.2) is 52.4 Å². The SMILES string of the molecule is CCCn1c(=O)sc2cc(S(=O)(=O)Nc3cccnc3)ccc21. The summed E-state index contributed by atoms with van der Waals surface area (Å²) in [6.45, 7) is 2.62.